The number of rotatable bonds is 9. The average Bonchev–Trinajstić information content (AvgIpc) is 3.60. The molecule has 0 bridgehead atoms. The molecule has 4 aliphatic rings. The molecule has 4 N–H and O–H groups in total. The molecule has 6 unspecified atom stereocenters. The molecule has 38 heavy (non-hydrogen) atoms. The van der Waals surface area contributed by atoms with Crippen molar-refractivity contribution in [3.63, 3.8) is 0 Å². The Morgan fingerprint density at radius 1 is 0.763 bits per heavy atom. The molecule has 14 heteroatoms. The van der Waals surface area contributed by atoms with Gasteiger partial charge in [-0.1, -0.05) is 0 Å². The maximum atomic E-state index is 12.8. The van der Waals surface area contributed by atoms with Crippen LogP contribution in [0.3, 0.4) is 0 Å². The van der Waals surface area contributed by atoms with Crippen molar-refractivity contribution in [2.24, 2.45) is 11.8 Å². The fraction of sp³-hybridized carbons (Fsp3) is 0.750. The third-order valence-electron chi connectivity index (χ3n) is 7.88. The minimum atomic E-state index is -0.927. The van der Waals surface area contributed by atoms with Gasteiger partial charge in [-0.15, -0.1) is 0 Å². The summed E-state index contributed by atoms with van der Waals surface area (Å²) in [6.45, 7) is 5.28. The molecular weight excluding hydrogens is 500 g/mol. The predicted octanol–water partition coefficient (Wildman–Crippen LogP) is -3.28. The van der Waals surface area contributed by atoms with Crippen LogP contribution >= 0.6 is 0 Å². The zero-order chi connectivity index (χ0) is 27.4. The van der Waals surface area contributed by atoms with Gasteiger partial charge >= 0.3 is 11.9 Å². The molecule has 0 aromatic rings. The summed E-state index contributed by atoms with van der Waals surface area (Å²) in [5, 5.41) is 10.8. The second-order valence-electron chi connectivity index (χ2n) is 10.3. The molecule has 14 nitrogen and oxygen atoms in total. The minimum Gasteiger partial charge on any atom is -0.463 e. The van der Waals surface area contributed by atoms with Crippen molar-refractivity contribution in [3.8, 4) is 0 Å². The number of ether oxygens (including phenoxy) is 2. The Balaban J connectivity index is 1.45. The Morgan fingerprint density at radius 3 is 1.50 bits per heavy atom. The summed E-state index contributed by atoms with van der Waals surface area (Å²) in [7, 11) is 0. The van der Waals surface area contributed by atoms with Crippen LogP contribution in [0, 0.1) is 11.8 Å². The minimum absolute atomic E-state index is 0.132. The molecule has 0 radical (unpaired) electrons. The van der Waals surface area contributed by atoms with Crippen molar-refractivity contribution in [1.29, 1.82) is 0 Å². The smallest absolute Gasteiger partial charge is 0.310 e. The zero-order valence-electron chi connectivity index (χ0n) is 21.7. The number of nitrogens with zero attached hydrogens (tertiary/aromatic N) is 2. The molecule has 6 atom stereocenters. The fourth-order valence-electron chi connectivity index (χ4n) is 5.40. The monoisotopic (exact) mass is 536 g/mol. The summed E-state index contributed by atoms with van der Waals surface area (Å²) in [6, 6.07) is -2.89. The summed E-state index contributed by atoms with van der Waals surface area (Å²) < 4.78 is 10.9. The second kappa shape index (κ2) is 12.3. The Kier molecular flexibility index (Phi) is 9.07. The standard InChI is InChI=1S/C24H36N6O8/c1-13(29-9-19(31)27-21(33)17(29)11-37-23(35)15-3-5-25-7-15)14(2)30-10-20(32)28-22(34)18(30)12-38-24(36)16-4-6-26-8-16/h13-18,25-26H,3-12H2,1-2H3,(H,27,31,33)(H,28,32,34). The highest BCUT2D eigenvalue weighted by Gasteiger charge is 2.44. The topological polar surface area (TPSA) is 175 Å². The number of carbonyl (C=O) groups excluding carboxylic acids is 6. The van der Waals surface area contributed by atoms with E-state index < -0.39 is 59.7 Å². The third-order valence-corrected chi connectivity index (χ3v) is 7.88. The van der Waals surface area contributed by atoms with Gasteiger partial charge < -0.3 is 20.1 Å². The van der Waals surface area contributed by atoms with Gasteiger partial charge in [0.05, 0.1) is 24.9 Å². The second-order valence-corrected chi connectivity index (χ2v) is 10.3. The highest BCUT2D eigenvalue weighted by molar-refractivity contribution is 6.02. The molecule has 4 fully saturated rings. The first kappa shape index (κ1) is 28.1. The van der Waals surface area contributed by atoms with Crippen LogP contribution < -0.4 is 21.3 Å². The SMILES string of the molecule is CC(C(C)N1CC(=O)NC(=O)C1COC(=O)C1CCNC1)N1CC(=O)NC(=O)C1COC(=O)C1CCNC1. The van der Waals surface area contributed by atoms with Gasteiger partial charge in [0.15, 0.2) is 0 Å². The van der Waals surface area contributed by atoms with Gasteiger partial charge in [0.1, 0.15) is 25.3 Å². The number of nitrogens with one attached hydrogen (secondary N) is 4. The van der Waals surface area contributed by atoms with E-state index in [4.69, 9.17) is 9.47 Å². The van der Waals surface area contributed by atoms with Gasteiger partial charge in [-0.25, -0.2) is 0 Å². The molecule has 4 rings (SSSR count). The number of amides is 4. The van der Waals surface area contributed by atoms with Crippen LogP contribution in [0.5, 0.6) is 0 Å². The summed E-state index contributed by atoms with van der Waals surface area (Å²) in [6.07, 6.45) is 1.30. The van der Waals surface area contributed by atoms with Gasteiger partial charge in [-0.2, -0.15) is 0 Å². The van der Waals surface area contributed by atoms with Crippen molar-refractivity contribution in [1.82, 2.24) is 31.1 Å². The van der Waals surface area contributed by atoms with Crippen molar-refractivity contribution >= 4 is 35.6 Å². The lowest BCUT2D eigenvalue weighted by atomic mass is 10.0. The van der Waals surface area contributed by atoms with E-state index in [1.165, 1.54) is 0 Å². The highest BCUT2D eigenvalue weighted by Crippen LogP contribution is 2.22. The summed E-state index contributed by atoms with van der Waals surface area (Å²) in [5.74, 6) is -3.54. The lowest BCUT2D eigenvalue weighted by Gasteiger charge is -2.45. The van der Waals surface area contributed by atoms with Gasteiger partial charge in [-0.05, 0) is 39.8 Å². The van der Waals surface area contributed by atoms with Crippen LogP contribution in [0.4, 0.5) is 0 Å². The summed E-state index contributed by atoms with van der Waals surface area (Å²) >= 11 is 0. The van der Waals surface area contributed by atoms with Crippen LogP contribution in [-0.4, -0.2) is 122 Å². The van der Waals surface area contributed by atoms with Gasteiger partial charge in [0.25, 0.3) is 0 Å². The molecule has 0 spiro atoms. The Hall–Kier alpha value is -2.94. The molecular formula is C24H36N6O8. The van der Waals surface area contributed by atoms with Gasteiger partial charge in [0, 0.05) is 25.2 Å². The van der Waals surface area contributed by atoms with E-state index in [9.17, 15) is 28.8 Å². The van der Waals surface area contributed by atoms with Gasteiger partial charge in [-0.3, -0.25) is 49.2 Å². The van der Waals surface area contributed by atoms with Crippen LogP contribution in [0.15, 0.2) is 0 Å². The molecule has 0 aromatic carbocycles. The molecule has 4 heterocycles. The maximum absolute atomic E-state index is 12.8. The number of hydrogen-bond acceptors (Lipinski definition) is 12. The van der Waals surface area contributed by atoms with E-state index in [1.807, 2.05) is 0 Å². The van der Waals surface area contributed by atoms with E-state index in [2.05, 4.69) is 21.3 Å². The molecule has 0 aromatic heterocycles. The normalized spacial score (nSPS) is 30.5. The van der Waals surface area contributed by atoms with Crippen LogP contribution in [0.1, 0.15) is 26.7 Å². The Labute approximate surface area is 220 Å². The molecule has 210 valence electrons. The average molecular weight is 537 g/mol. The predicted molar refractivity (Wildman–Crippen MR) is 130 cm³/mol. The molecule has 0 aliphatic carbocycles. The van der Waals surface area contributed by atoms with Crippen LogP contribution in [0.25, 0.3) is 0 Å². The molecule has 0 saturated carbocycles. The number of esters is 2. The first-order chi connectivity index (χ1) is 18.2. The Morgan fingerprint density at radius 2 is 1.16 bits per heavy atom. The van der Waals surface area contributed by atoms with E-state index in [0.29, 0.717) is 25.9 Å². The summed E-state index contributed by atoms with van der Waals surface area (Å²) in [4.78, 5) is 78.2. The maximum Gasteiger partial charge on any atom is 0.310 e. The molecule has 4 saturated heterocycles. The van der Waals surface area contributed by atoms with Crippen molar-refractivity contribution in [2.45, 2.75) is 50.9 Å². The van der Waals surface area contributed by atoms with E-state index in [1.54, 1.807) is 23.6 Å². The number of piperazine rings is 2. The summed E-state index contributed by atoms with van der Waals surface area (Å²) in [5.41, 5.74) is 0. The zero-order valence-corrected chi connectivity index (χ0v) is 21.7. The van der Waals surface area contributed by atoms with Gasteiger partial charge in [0.2, 0.25) is 23.6 Å². The van der Waals surface area contributed by atoms with Crippen molar-refractivity contribution in [3.05, 3.63) is 0 Å². The largest absolute Gasteiger partial charge is 0.463 e. The quantitative estimate of drug-likeness (QED) is 0.171. The first-order valence-corrected chi connectivity index (χ1v) is 13.1. The fourth-order valence-corrected chi connectivity index (χ4v) is 5.40. The van der Waals surface area contributed by atoms with Crippen molar-refractivity contribution < 1.29 is 38.2 Å². The Bertz CT molecular complexity index is 888. The number of hydrogen-bond donors (Lipinski definition) is 4. The number of imide groups is 2. The van der Waals surface area contributed by atoms with Crippen molar-refractivity contribution in [2.75, 3.05) is 52.5 Å². The first-order valence-electron chi connectivity index (χ1n) is 13.1. The third kappa shape index (κ3) is 6.37. The lowest BCUT2D eigenvalue weighted by Crippen LogP contribution is -2.68. The van der Waals surface area contributed by atoms with Crippen LogP contribution in [0.2, 0.25) is 0 Å². The number of carbonyl (C=O) groups is 6. The van der Waals surface area contributed by atoms with Crippen LogP contribution in [-0.2, 0) is 38.2 Å². The van der Waals surface area contributed by atoms with E-state index in [0.717, 1.165) is 13.1 Å². The highest BCUT2D eigenvalue weighted by atomic mass is 16.5. The van der Waals surface area contributed by atoms with E-state index >= 15 is 0 Å². The molecule has 4 amide bonds. The molecule has 4 aliphatic heterocycles. The van der Waals surface area contributed by atoms with E-state index in [-0.39, 0.29) is 38.1 Å². The lowest BCUT2D eigenvalue weighted by molar-refractivity contribution is -0.159.